The van der Waals surface area contributed by atoms with Gasteiger partial charge in [0, 0.05) is 28.5 Å². The van der Waals surface area contributed by atoms with Gasteiger partial charge >= 0.3 is 0 Å². The highest BCUT2D eigenvalue weighted by Crippen LogP contribution is 2.20. The number of halogens is 1. The van der Waals surface area contributed by atoms with Crippen molar-refractivity contribution in [3.8, 4) is 0 Å². The highest BCUT2D eigenvalue weighted by atomic mass is 79.9. The van der Waals surface area contributed by atoms with Crippen LogP contribution in [0.3, 0.4) is 0 Å². The van der Waals surface area contributed by atoms with Gasteiger partial charge in [-0.25, -0.2) is 0 Å². The number of rotatable bonds is 3. The molecule has 1 aliphatic heterocycles. The van der Waals surface area contributed by atoms with Gasteiger partial charge in [0.25, 0.3) is 0 Å². The maximum absolute atomic E-state index is 4.40. The summed E-state index contributed by atoms with van der Waals surface area (Å²) in [6.45, 7) is 2.18. The molecule has 0 unspecified atom stereocenters. The summed E-state index contributed by atoms with van der Waals surface area (Å²) in [7, 11) is 0. The van der Waals surface area contributed by atoms with Gasteiger partial charge in [-0.3, -0.25) is 4.98 Å². The van der Waals surface area contributed by atoms with E-state index in [0.29, 0.717) is 12.1 Å². The lowest BCUT2D eigenvalue weighted by molar-refractivity contribution is 0.478. The van der Waals surface area contributed by atoms with Gasteiger partial charge in [0.1, 0.15) is 0 Å². The van der Waals surface area contributed by atoms with Crippen LogP contribution in [0.25, 0.3) is 0 Å². The van der Waals surface area contributed by atoms with E-state index < -0.39 is 0 Å². The third-order valence-electron chi connectivity index (χ3n) is 2.61. The predicted octanol–water partition coefficient (Wildman–Crippen LogP) is 3.00. The molecule has 0 amide bonds. The predicted molar refractivity (Wildman–Crippen MR) is 69.2 cm³/mol. The first-order valence-corrected chi connectivity index (χ1v) is 7.16. The van der Waals surface area contributed by atoms with Gasteiger partial charge in [-0.1, -0.05) is 0 Å². The van der Waals surface area contributed by atoms with Crippen LogP contribution in [-0.2, 0) is 0 Å². The lowest BCUT2D eigenvalue weighted by atomic mass is 10.1. The molecule has 1 saturated heterocycles. The van der Waals surface area contributed by atoms with Crippen molar-refractivity contribution in [2.45, 2.75) is 25.4 Å². The Morgan fingerprint density at radius 3 is 3.07 bits per heavy atom. The van der Waals surface area contributed by atoms with E-state index in [-0.39, 0.29) is 0 Å². The van der Waals surface area contributed by atoms with Crippen molar-refractivity contribution >= 4 is 27.7 Å². The Labute approximate surface area is 103 Å². The molecule has 1 aliphatic rings. The molecule has 0 radical (unpaired) electrons. The fourth-order valence-electron chi connectivity index (χ4n) is 1.75. The molecule has 1 fully saturated rings. The highest BCUT2D eigenvalue weighted by Gasteiger charge is 2.18. The van der Waals surface area contributed by atoms with Crippen LogP contribution in [-0.4, -0.2) is 22.5 Å². The van der Waals surface area contributed by atoms with Crippen molar-refractivity contribution in [3.63, 3.8) is 0 Å². The number of nitrogens with zero attached hydrogens (tertiary/aromatic N) is 1. The van der Waals surface area contributed by atoms with Crippen molar-refractivity contribution in [2.24, 2.45) is 0 Å². The third-order valence-corrected chi connectivity index (χ3v) is 4.24. The number of hydrogen-bond donors (Lipinski definition) is 1. The molecule has 2 atom stereocenters. The molecule has 82 valence electrons. The van der Waals surface area contributed by atoms with Gasteiger partial charge in [-0.15, -0.1) is 0 Å². The first-order chi connectivity index (χ1) is 7.25. The van der Waals surface area contributed by atoms with Crippen molar-refractivity contribution in [2.75, 3.05) is 11.5 Å². The first kappa shape index (κ1) is 11.4. The zero-order valence-corrected chi connectivity index (χ0v) is 11.1. The third kappa shape index (κ3) is 3.20. The van der Waals surface area contributed by atoms with Crippen LogP contribution in [0.2, 0.25) is 0 Å². The zero-order chi connectivity index (χ0) is 10.7. The summed E-state index contributed by atoms with van der Waals surface area (Å²) >= 11 is 5.43. The molecule has 2 rings (SSSR count). The van der Waals surface area contributed by atoms with Crippen molar-refractivity contribution in [1.29, 1.82) is 0 Å². The topological polar surface area (TPSA) is 24.9 Å². The van der Waals surface area contributed by atoms with E-state index in [1.54, 1.807) is 0 Å². The van der Waals surface area contributed by atoms with E-state index >= 15 is 0 Å². The minimum Gasteiger partial charge on any atom is -0.305 e. The summed E-state index contributed by atoms with van der Waals surface area (Å²) in [5.74, 6) is 2.53. The van der Waals surface area contributed by atoms with Gasteiger partial charge in [-0.05, 0) is 47.2 Å². The molecule has 0 aliphatic carbocycles. The van der Waals surface area contributed by atoms with E-state index in [4.69, 9.17) is 0 Å². The summed E-state index contributed by atoms with van der Waals surface area (Å²) in [5.41, 5.74) is 1.12. The fourth-order valence-corrected chi connectivity index (χ4v) is 3.15. The molecule has 15 heavy (non-hydrogen) atoms. The Kier molecular flexibility index (Phi) is 4.05. The second-order valence-corrected chi connectivity index (χ2v) is 5.92. The van der Waals surface area contributed by atoms with Gasteiger partial charge in [-0.2, -0.15) is 11.8 Å². The summed E-state index contributed by atoms with van der Waals surface area (Å²) in [6.07, 6.45) is 3.14. The van der Waals surface area contributed by atoms with Crippen LogP contribution >= 0.6 is 27.7 Å². The molecule has 0 saturated carbocycles. The molecular weight excluding hydrogens is 272 g/mol. The summed E-state index contributed by atoms with van der Waals surface area (Å²) < 4.78 is 1.04. The molecular formula is C11H15BrN2S. The quantitative estimate of drug-likeness (QED) is 0.925. The van der Waals surface area contributed by atoms with Gasteiger partial charge in [0.05, 0.1) is 5.69 Å². The highest BCUT2D eigenvalue weighted by molar-refractivity contribution is 9.10. The smallest absolute Gasteiger partial charge is 0.0571 e. The number of thioether (sulfide) groups is 1. The first-order valence-electron chi connectivity index (χ1n) is 5.21. The van der Waals surface area contributed by atoms with Crippen LogP contribution in [0, 0.1) is 0 Å². The standard InChI is InChI=1S/C11H15BrN2S/c1-8(14-10-4-5-15-7-10)11-3-2-9(12)6-13-11/h2-3,6,8,10,14H,4-5,7H2,1H3/t8-,10+/m1/s1. The molecule has 1 N–H and O–H groups in total. The largest absolute Gasteiger partial charge is 0.305 e. The Bertz CT molecular complexity index is 309. The van der Waals surface area contributed by atoms with Crippen LogP contribution in [0.5, 0.6) is 0 Å². The molecule has 1 aromatic rings. The van der Waals surface area contributed by atoms with Gasteiger partial charge in [0.15, 0.2) is 0 Å². The lowest BCUT2D eigenvalue weighted by Crippen LogP contribution is -2.31. The summed E-state index contributed by atoms with van der Waals surface area (Å²) in [4.78, 5) is 4.40. The SMILES string of the molecule is C[C@@H](N[C@H]1CCSC1)c1ccc(Br)cn1. The minimum atomic E-state index is 0.349. The minimum absolute atomic E-state index is 0.349. The van der Waals surface area contributed by atoms with Crippen molar-refractivity contribution < 1.29 is 0 Å². The molecule has 2 heterocycles. The molecule has 2 nitrogen and oxygen atoms in total. The second-order valence-electron chi connectivity index (χ2n) is 3.85. The number of aromatic nitrogens is 1. The Balaban J connectivity index is 1.94. The molecule has 1 aromatic heterocycles. The zero-order valence-electron chi connectivity index (χ0n) is 8.74. The maximum Gasteiger partial charge on any atom is 0.0571 e. The molecule has 0 aromatic carbocycles. The monoisotopic (exact) mass is 286 g/mol. The summed E-state index contributed by atoms with van der Waals surface area (Å²) in [5, 5.41) is 3.62. The fraction of sp³-hybridized carbons (Fsp3) is 0.545. The maximum atomic E-state index is 4.40. The Hall–Kier alpha value is -0.0600. The van der Waals surface area contributed by atoms with Crippen LogP contribution in [0.1, 0.15) is 25.1 Å². The van der Waals surface area contributed by atoms with Gasteiger partial charge < -0.3 is 5.32 Å². The van der Waals surface area contributed by atoms with Crippen molar-refractivity contribution in [3.05, 3.63) is 28.5 Å². The number of nitrogens with one attached hydrogen (secondary N) is 1. The van der Waals surface area contributed by atoms with E-state index in [1.165, 1.54) is 17.9 Å². The Morgan fingerprint density at radius 1 is 1.60 bits per heavy atom. The molecule has 4 heteroatoms. The normalized spacial score (nSPS) is 22.9. The second kappa shape index (κ2) is 5.32. The van der Waals surface area contributed by atoms with Crippen LogP contribution in [0.4, 0.5) is 0 Å². The van der Waals surface area contributed by atoms with Gasteiger partial charge in [0.2, 0.25) is 0 Å². The van der Waals surface area contributed by atoms with Crippen LogP contribution < -0.4 is 5.32 Å². The average Bonchev–Trinajstić information content (AvgIpc) is 2.71. The average molecular weight is 287 g/mol. The van der Waals surface area contributed by atoms with Crippen LogP contribution in [0.15, 0.2) is 22.8 Å². The van der Waals surface area contributed by atoms with E-state index in [2.05, 4.69) is 39.2 Å². The Morgan fingerprint density at radius 2 is 2.47 bits per heavy atom. The van der Waals surface area contributed by atoms with E-state index in [0.717, 1.165) is 10.2 Å². The van der Waals surface area contributed by atoms with Crippen molar-refractivity contribution in [1.82, 2.24) is 10.3 Å². The number of pyridine rings is 1. The number of hydrogen-bond acceptors (Lipinski definition) is 3. The lowest BCUT2D eigenvalue weighted by Gasteiger charge is -2.18. The van der Waals surface area contributed by atoms with E-state index in [1.807, 2.05) is 24.0 Å². The molecule has 0 spiro atoms. The molecule has 0 bridgehead atoms. The van der Waals surface area contributed by atoms with E-state index in [9.17, 15) is 0 Å². The summed E-state index contributed by atoms with van der Waals surface area (Å²) in [6, 6.07) is 5.13.